The molecule has 1 saturated carbocycles. The molecule has 1 aromatic carbocycles. The van der Waals surface area contributed by atoms with Gasteiger partial charge in [0.15, 0.2) is 0 Å². The number of amides is 2. The number of carbonyl (C=O) groups excluding carboxylic acids is 1. The molecule has 1 N–H and O–H groups in total. The minimum absolute atomic E-state index is 0.000411. The van der Waals surface area contributed by atoms with Crippen molar-refractivity contribution >= 4 is 6.03 Å². The zero-order valence-electron chi connectivity index (χ0n) is 19.9. The van der Waals surface area contributed by atoms with Crippen LogP contribution in [0.1, 0.15) is 49.6 Å². The van der Waals surface area contributed by atoms with E-state index in [2.05, 4.69) is 40.3 Å². The van der Waals surface area contributed by atoms with E-state index in [1.165, 1.54) is 12.8 Å². The lowest BCUT2D eigenvalue weighted by Crippen LogP contribution is -2.55. The van der Waals surface area contributed by atoms with Gasteiger partial charge in [0.2, 0.25) is 0 Å². The van der Waals surface area contributed by atoms with Crippen molar-refractivity contribution in [1.29, 1.82) is 0 Å². The summed E-state index contributed by atoms with van der Waals surface area (Å²) in [5, 5.41) is 7.81. The third-order valence-corrected chi connectivity index (χ3v) is 6.94. The molecule has 0 bridgehead atoms. The first-order chi connectivity index (χ1) is 15.4. The van der Waals surface area contributed by atoms with Crippen LogP contribution in [0.25, 0.3) is 0 Å². The first kappa shape index (κ1) is 22.6. The smallest absolute Gasteiger partial charge is 0.318 e. The van der Waals surface area contributed by atoms with Gasteiger partial charge in [0.05, 0.1) is 18.8 Å². The molecule has 0 radical (unpaired) electrons. The number of aromatic nitrogens is 2. The van der Waals surface area contributed by atoms with Gasteiger partial charge in [-0.25, -0.2) is 4.79 Å². The number of rotatable bonds is 8. The summed E-state index contributed by atoms with van der Waals surface area (Å²) in [6, 6.07) is 10.3. The molecule has 1 aliphatic heterocycles. The van der Waals surface area contributed by atoms with Crippen LogP contribution in [0.15, 0.2) is 30.3 Å². The highest BCUT2D eigenvalue weighted by Gasteiger charge is 2.54. The zero-order chi connectivity index (χ0) is 22.7. The molecule has 4 rings (SSSR count). The van der Waals surface area contributed by atoms with E-state index in [0.717, 1.165) is 55.2 Å². The lowest BCUT2D eigenvalue weighted by molar-refractivity contribution is 0.0669. The van der Waals surface area contributed by atoms with Crippen LogP contribution in [0.2, 0.25) is 0 Å². The van der Waals surface area contributed by atoms with Crippen LogP contribution in [0, 0.1) is 12.3 Å². The van der Waals surface area contributed by atoms with Crippen LogP contribution in [0.4, 0.5) is 4.79 Å². The summed E-state index contributed by atoms with van der Waals surface area (Å²) in [5.41, 5.74) is 3.37. The Morgan fingerprint density at radius 2 is 2.03 bits per heavy atom. The fourth-order valence-electron chi connectivity index (χ4n) is 4.92. The minimum Gasteiger partial charge on any atom is -0.494 e. The van der Waals surface area contributed by atoms with Crippen LogP contribution in [0.5, 0.6) is 5.75 Å². The molecule has 2 aromatic rings. The largest absolute Gasteiger partial charge is 0.494 e. The van der Waals surface area contributed by atoms with Gasteiger partial charge in [-0.2, -0.15) is 5.10 Å². The summed E-state index contributed by atoms with van der Waals surface area (Å²) < 4.78 is 7.55. The second-order valence-corrected chi connectivity index (χ2v) is 9.58. The molecular weight excluding hydrogens is 402 g/mol. The number of hydrogen-bond donors (Lipinski definition) is 1. The molecule has 1 aliphatic carbocycles. The molecule has 1 saturated heterocycles. The summed E-state index contributed by atoms with van der Waals surface area (Å²) in [7, 11) is 4.14. The van der Waals surface area contributed by atoms with Crippen molar-refractivity contribution in [3.63, 3.8) is 0 Å². The standard InChI is InChI=1S/C25H37N5O2/c1-5-14-32-22-8-6-20(7-9-22)16-26-24(31)30(17-21-15-19(2)29(4)27-21)23-10-13-28(3)18-25(23)11-12-25/h6-9,15,23H,5,10-14,16-18H2,1-4H3,(H,26,31)/t23-/m1/s1. The minimum atomic E-state index is 0.000411. The van der Waals surface area contributed by atoms with Gasteiger partial charge in [0.1, 0.15) is 5.75 Å². The van der Waals surface area contributed by atoms with Gasteiger partial charge in [0.25, 0.3) is 0 Å². The topological polar surface area (TPSA) is 62.6 Å². The molecule has 2 aliphatic rings. The number of nitrogens with one attached hydrogen (secondary N) is 1. The number of urea groups is 1. The van der Waals surface area contributed by atoms with E-state index in [-0.39, 0.29) is 17.5 Å². The molecule has 7 nitrogen and oxygen atoms in total. The quantitative estimate of drug-likeness (QED) is 0.681. The third-order valence-electron chi connectivity index (χ3n) is 6.94. The molecular formula is C25H37N5O2. The van der Waals surface area contributed by atoms with E-state index in [9.17, 15) is 4.79 Å². The normalized spacial score (nSPS) is 19.7. The lowest BCUT2D eigenvalue weighted by atomic mass is 9.87. The van der Waals surface area contributed by atoms with Crippen LogP contribution in [-0.2, 0) is 20.1 Å². The maximum Gasteiger partial charge on any atom is 0.318 e. The third kappa shape index (κ3) is 5.09. The Bertz CT molecular complexity index is 899. The second-order valence-electron chi connectivity index (χ2n) is 9.58. The van der Waals surface area contributed by atoms with Gasteiger partial charge in [0, 0.05) is 37.3 Å². The van der Waals surface area contributed by atoms with E-state index in [0.29, 0.717) is 13.1 Å². The number of ether oxygens (including phenoxy) is 1. The predicted molar refractivity (Wildman–Crippen MR) is 126 cm³/mol. The number of piperidine rings is 1. The van der Waals surface area contributed by atoms with E-state index < -0.39 is 0 Å². The van der Waals surface area contributed by atoms with Crippen LogP contribution >= 0.6 is 0 Å². The van der Waals surface area contributed by atoms with Crippen molar-refractivity contribution in [2.75, 3.05) is 26.7 Å². The predicted octanol–water partition coefficient (Wildman–Crippen LogP) is 3.71. The van der Waals surface area contributed by atoms with Crippen molar-refractivity contribution in [3.8, 4) is 5.75 Å². The average molecular weight is 440 g/mol. The molecule has 2 heterocycles. The van der Waals surface area contributed by atoms with E-state index in [4.69, 9.17) is 4.74 Å². The number of benzene rings is 1. The number of likely N-dealkylation sites (tertiary alicyclic amines) is 1. The number of carbonyl (C=O) groups is 1. The first-order valence-electron chi connectivity index (χ1n) is 11.8. The molecule has 2 fully saturated rings. The molecule has 1 spiro atoms. The van der Waals surface area contributed by atoms with Crippen molar-refractivity contribution < 1.29 is 9.53 Å². The summed E-state index contributed by atoms with van der Waals surface area (Å²) in [4.78, 5) is 17.9. The highest BCUT2D eigenvalue weighted by atomic mass is 16.5. The van der Waals surface area contributed by atoms with Crippen LogP contribution in [-0.4, -0.2) is 58.4 Å². The second kappa shape index (κ2) is 9.53. The lowest BCUT2D eigenvalue weighted by Gasteiger charge is -2.43. The number of hydrogen-bond acceptors (Lipinski definition) is 4. The van der Waals surface area contributed by atoms with Crippen molar-refractivity contribution in [2.24, 2.45) is 12.5 Å². The summed E-state index contributed by atoms with van der Waals surface area (Å²) in [5.74, 6) is 0.871. The van der Waals surface area contributed by atoms with E-state index >= 15 is 0 Å². The molecule has 7 heteroatoms. The van der Waals surface area contributed by atoms with Gasteiger partial charge in [-0.3, -0.25) is 4.68 Å². The number of aryl methyl sites for hydroxylation is 2. The summed E-state index contributed by atoms with van der Waals surface area (Å²) in [6.45, 7) is 8.01. The van der Waals surface area contributed by atoms with E-state index in [1.54, 1.807) is 0 Å². The van der Waals surface area contributed by atoms with Crippen molar-refractivity contribution in [3.05, 3.63) is 47.3 Å². The summed E-state index contributed by atoms with van der Waals surface area (Å²) in [6.07, 6.45) is 4.40. The maximum atomic E-state index is 13.5. The monoisotopic (exact) mass is 439 g/mol. The van der Waals surface area contributed by atoms with Gasteiger partial charge in [-0.05, 0) is 70.0 Å². The average Bonchev–Trinajstić information content (AvgIpc) is 3.46. The Morgan fingerprint density at radius 3 is 2.66 bits per heavy atom. The Hall–Kier alpha value is -2.54. The SMILES string of the molecule is CCCOc1ccc(CNC(=O)N(Cc2cc(C)n(C)n2)[C@@H]2CCN(C)CC23CC3)cc1. The highest BCUT2D eigenvalue weighted by molar-refractivity contribution is 5.74. The van der Waals surface area contributed by atoms with Gasteiger partial charge in [-0.15, -0.1) is 0 Å². The number of nitrogens with zero attached hydrogens (tertiary/aromatic N) is 4. The Morgan fingerprint density at radius 1 is 1.28 bits per heavy atom. The van der Waals surface area contributed by atoms with Crippen molar-refractivity contribution in [2.45, 2.75) is 58.7 Å². The molecule has 1 atom stereocenters. The molecule has 174 valence electrons. The fourth-order valence-corrected chi connectivity index (χ4v) is 4.92. The Balaban J connectivity index is 1.46. The van der Waals surface area contributed by atoms with Gasteiger partial charge >= 0.3 is 6.03 Å². The zero-order valence-corrected chi connectivity index (χ0v) is 19.9. The Labute approximate surface area is 191 Å². The maximum absolute atomic E-state index is 13.5. The molecule has 32 heavy (non-hydrogen) atoms. The molecule has 0 unspecified atom stereocenters. The molecule has 2 amide bonds. The Kier molecular flexibility index (Phi) is 6.74. The van der Waals surface area contributed by atoms with Gasteiger partial charge < -0.3 is 19.9 Å². The fraction of sp³-hybridized carbons (Fsp3) is 0.600. The first-order valence-corrected chi connectivity index (χ1v) is 11.8. The van der Waals surface area contributed by atoms with Crippen LogP contribution < -0.4 is 10.1 Å². The highest BCUT2D eigenvalue weighted by Crippen LogP contribution is 2.54. The van der Waals surface area contributed by atoms with E-state index in [1.807, 2.05) is 42.9 Å². The van der Waals surface area contributed by atoms with Crippen LogP contribution in [0.3, 0.4) is 0 Å². The van der Waals surface area contributed by atoms with Crippen molar-refractivity contribution in [1.82, 2.24) is 24.9 Å². The molecule has 1 aromatic heterocycles. The summed E-state index contributed by atoms with van der Waals surface area (Å²) >= 11 is 0. The van der Waals surface area contributed by atoms with Gasteiger partial charge in [-0.1, -0.05) is 19.1 Å².